The second kappa shape index (κ2) is 10.3. The Kier molecular flexibility index (Phi) is 6.78. The SMILES string of the molecule is Cc1cccc2cc(CN(CCc3ccccc3)Cc3nnnn3C[C@H]3CCCO3)c(=O)[nH]c12. The number of para-hydroxylation sites is 1. The average Bonchev–Trinajstić information content (AvgIpc) is 3.52. The molecule has 4 aromatic rings. The molecule has 1 fully saturated rings. The number of fused-ring (bicyclic) bond motifs is 1. The molecule has 8 nitrogen and oxygen atoms in total. The van der Waals surface area contributed by atoms with E-state index in [4.69, 9.17) is 4.74 Å². The van der Waals surface area contributed by atoms with E-state index in [0.29, 0.717) is 19.6 Å². The third kappa shape index (κ3) is 5.24. The molecule has 0 amide bonds. The lowest BCUT2D eigenvalue weighted by molar-refractivity contribution is 0.0916. The molecule has 1 aliphatic rings. The van der Waals surface area contributed by atoms with E-state index in [1.54, 1.807) is 0 Å². The number of nitrogens with one attached hydrogen (secondary N) is 1. The summed E-state index contributed by atoms with van der Waals surface area (Å²) in [6, 6.07) is 18.5. The Hall–Kier alpha value is -3.36. The maximum atomic E-state index is 13.0. The predicted octanol–water partition coefficient (Wildman–Crippen LogP) is 3.25. The number of aromatic nitrogens is 5. The molecule has 0 radical (unpaired) electrons. The maximum absolute atomic E-state index is 13.0. The van der Waals surface area contributed by atoms with Crippen molar-refractivity contribution >= 4 is 10.9 Å². The minimum absolute atomic E-state index is 0.0505. The fourth-order valence-electron chi connectivity index (χ4n) is 4.59. The number of benzene rings is 2. The van der Waals surface area contributed by atoms with Crippen LogP contribution in [-0.2, 0) is 30.8 Å². The Morgan fingerprint density at radius 1 is 1.15 bits per heavy atom. The van der Waals surface area contributed by atoms with Crippen LogP contribution in [0.3, 0.4) is 0 Å². The van der Waals surface area contributed by atoms with Gasteiger partial charge in [-0.25, -0.2) is 4.68 Å². The highest BCUT2D eigenvalue weighted by Gasteiger charge is 2.20. The molecule has 5 rings (SSSR count). The van der Waals surface area contributed by atoms with E-state index < -0.39 is 0 Å². The van der Waals surface area contributed by atoms with E-state index >= 15 is 0 Å². The Morgan fingerprint density at radius 3 is 2.85 bits per heavy atom. The first-order valence-corrected chi connectivity index (χ1v) is 11.9. The number of tetrazole rings is 1. The van der Waals surface area contributed by atoms with E-state index in [2.05, 4.69) is 49.7 Å². The molecule has 1 saturated heterocycles. The van der Waals surface area contributed by atoms with Crippen LogP contribution in [0.4, 0.5) is 0 Å². The third-order valence-corrected chi connectivity index (χ3v) is 6.49. The highest BCUT2D eigenvalue weighted by Crippen LogP contribution is 2.18. The Bertz CT molecular complexity index is 1290. The van der Waals surface area contributed by atoms with E-state index in [0.717, 1.165) is 60.3 Å². The van der Waals surface area contributed by atoms with E-state index in [1.807, 2.05) is 41.9 Å². The molecule has 0 aliphatic carbocycles. The molecule has 0 bridgehead atoms. The van der Waals surface area contributed by atoms with Crippen LogP contribution in [0.15, 0.2) is 59.4 Å². The van der Waals surface area contributed by atoms with Crippen molar-refractivity contribution in [1.29, 1.82) is 0 Å². The fourth-order valence-corrected chi connectivity index (χ4v) is 4.59. The summed E-state index contributed by atoms with van der Waals surface area (Å²) in [6.45, 7) is 5.32. The molecule has 2 aromatic heterocycles. The number of nitrogens with zero attached hydrogens (tertiary/aromatic N) is 5. The van der Waals surface area contributed by atoms with Crippen molar-refractivity contribution in [2.75, 3.05) is 13.2 Å². The number of aromatic amines is 1. The fraction of sp³-hybridized carbons (Fsp3) is 0.385. The zero-order valence-corrected chi connectivity index (χ0v) is 19.5. The van der Waals surface area contributed by atoms with Gasteiger partial charge in [0.25, 0.3) is 5.56 Å². The monoisotopic (exact) mass is 458 g/mol. The van der Waals surface area contributed by atoms with Gasteiger partial charge in [0.05, 0.1) is 24.7 Å². The van der Waals surface area contributed by atoms with Crippen molar-refractivity contribution in [3.05, 3.63) is 87.5 Å². The Labute approximate surface area is 198 Å². The number of aryl methyl sites for hydroxylation is 1. The zero-order chi connectivity index (χ0) is 23.3. The van der Waals surface area contributed by atoms with Gasteiger partial charge in [-0.05, 0) is 59.2 Å². The highest BCUT2D eigenvalue weighted by molar-refractivity contribution is 5.81. The largest absolute Gasteiger partial charge is 0.376 e. The summed E-state index contributed by atoms with van der Waals surface area (Å²) in [4.78, 5) is 18.3. The van der Waals surface area contributed by atoms with Crippen molar-refractivity contribution in [3.63, 3.8) is 0 Å². The molecule has 2 aromatic carbocycles. The molecule has 3 heterocycles. The minimum Gasteiger partial charge on any atom is -0.376 e. The molecular formula is C26H30N6O2. The summed E-state index contributed by atoms with van der Waals surface area (Å²) in [5.74, 6) is 0.789. The van der Waals surface area contributed by atoms with Gasteiger partial charge in [-0.3, -0.25) is 9.69 Å². The lowest BCUT2D eigenvalue weighted by atomic mass is 10.1. The number of H-pyrrole nitrogens is 1. The molecule has 176 valence electrons. The van der Waals surface area contributed by atoms with Crippen LogP contribution in [0.5, 0.6) is 0 Å². The van der Waals surface area contributed by atoms with Gasteiger partial charge in [-0.15, -0.1) is 5.10 Å². The number of ether oxygens (including phenoxy) is 1. The van der Waals surface area contributed by atoms with Gasteiger partial charge < -0.3 is 9.72 Å². The summed E-state index contributed by atoms with van der Waals surface area (Å²) in [6.07, 6.45) is 3.14. The lowest BCUT2D eigenvalue weighted by Crippen LogP contribution is -2.30. The number of rotatable bonds is 9. The molecular weight excluding hydrogens is 428 g/mol. The first kappa shape index (κ1) is 22.4. The molecule has 1 aliphatic heterocycles. The maximum Gasteiger partial charge on any atom is 0.252 e. The quantitative estimate of drug-likeness (QED) is 0.414. The van der Waals surface area contributed by atoms with E-state index in [9.17, 15) is 4.79 Å². The summed E-state index contributed by atoms with van der Waals surface area (Å²) in [5, 5.41) is 13.5. The summed E-state index contributed by atoms with van der Waals surface area (Å²) in [5.41, 5.74) is 3.91. The highest BCUT2D eigenvalue weighted by atomic mass is 16.5. The molecule has 0 unspecified atom stereocenters. The summed E-state index contributed by atoms with van der Waals surface area (Å²) < 4.78 is 7.62. The van der Waals surface area contributed by atoms with Crippen LogP contribution in [-0.4, -0.2) is 49.3 Å². The van der Waals surface area contributed by atoms with Gasteiger partial charge >= 0.3 is 0 Å². The normalized spacial score (nSPS) is 16.0. The van der Waals surface area contributed by atoms with Gasteiger partial charge in [-0.1, -0.05) is 48.5 Å². The van der Waals surface area contributed by atoms with Crippen molar-refractivity contribution in [3.8, 4) is 0 Å². The van der Waals surface area contributed by atoms with Crippen LogP contribution in [0, 0.1) is 6.92 Å². The lowest BCUT2D eigenvalue weighted by Gasteiger charge is -2.22. The number of pyridine rings is 1. The van der Waals surface area contributed by atoms with Gasteiger partial charge in [0.1, 0.15) is 0 Å². The number of hydrogen-bond donors (Lipinski definition) is 1. The van der Waals surface area contributed by atoms with Gasteiger partial charge in [-0.2, -0.15) is 0 Å². The molecule has 1 N–H and O–H groups in total. The minimum atomic E-state index is -0.0505. The average molecular weight is 459 g/mol. The van der Waals surface area contributed by atoms with Crippen molar-refractivity contribution in [1.82, 2.24) is 30.1 Å². The van der Waals surface area contributed by atoms with Crippen LogP contribution >= 0.6 is 0 Å². The Balaban J connectivity index is 1.38. The molecule has 34 heavy (non-hydrogen) atoms. The van der Waals surface area contributed by atoms with Crippen LogP contribution < -0.4 is 5.56 Å². The van der Waals surface area contributed by atoms with Crippen LogP contribution in [0.2, 0.25) is 0 Å². The van der Waals surface area contributed by atoms with E-state index in [-0.39, 0.29) is 11.7 Å². The smallest absolute Gasteiger partial charge is 0.252 e. The van der Waals surface area contributed by atoms with Gasteiger partial charge in [0, 0.05) is 25.3 Å². The third-order valence-electron chi connectivity index (χ3n) is 6.49. The van der Waals surface area contributed by atoms with Crippen molar-refractivity contribution in [2.24, 2.45) is 0 Å². The predicted molar refractivity (Wildman–Crippen MR) is 130 cm³/mol. The van der Waals surface area contributed by atoms with Crippen molar-refractivity contribution in [2.45, 2.75) is 51.9 Å². The van der Waals surface area contributed by atoms with Gasteiger partial charge in [0.15, 0.2) is 5.82 Å². The standard InChI is InChI=1S/C26H30N6O2/c1-19-7-5-10-21-15-22(26(33)27-25(19)21)16-31(13-12-20-8-3-2-4-9-20)18-24-28-29-30-32(24)17-23-11-6-14-34-23/h2-5,7-10,15,23H,6,11-14,16-18H2,1H3,(H,27,33)/t23-/m1/s1. The molecule has 1 atom stereocenters. The second-order valence-electron chi connectivity index (χ2n) is 9.02. The van der Waals surface area contributed by atoms with E-state index in [1.165, 1.54) is 5.56 Å². The molecule has 0 saturated carbocycles. The Morgan fingerprint density at radius 2 is 2.03 bits per heavy atom. The summed E-state index contributed by atoms with van der Waals surface area (Å²) >= 11 is 0. The number of hydrogen-bond acceptors (Lipinski definition) is 6. The van der Waals surface area contributed by atoms with Gasteiger partial charge in [0.2, 0.25) is 0 Å². The first-order valence-electron chi connectivity index (χ1n) is 11.9. The topological polar surface area (TPSA) is 88.9 Å². The van der Waals surface area contributed by atoms with Crippen LogP contribution in [0.1, 0.15) is 35.4 Å². The second-order valence-corrected chi connectivity index (χ2v) is 9.02. The molecule has 8 heteroatoms. The summed E-state index contributed by atoms with van der Waals surface area (Å²) in [7, 11) is 0. The zero-order valence-electron chi connectivity index (χ0n) is 19.5. The first-order chi connectivity index (χ1) is 16.7. The molecule has 0 spiro atoms. The van der Waals surface area contributed by atoms with Crippen LogP contribution in [0.25, 0.3) is 10.9 Å². The van der Waals surface area contributed by atoms with Crippen molar-refractivity contribution < 1.29 is 4.74 Å².